The molecule has 0 aliphatic rings. The molecule has 3 heteroatoms. The summed E-state index contributed by atoms with van der Waals surface area (Å²) in [5.74, 6) is -0.249. The molecule has 0 radical (unpaired) electrons. The van der Waals surface area contributed by atoms with Crippen LogP contribution in [-0.2, 0) is 0 Å². The van der Waals surface area contributed by atoms with Crippen LogP contribution in [-0.4, -0.2) is 10.2 Å². The lowest BCUT2D eigenvalue weighted by Gasteiger charge is -1.97. The van der Waals surface area contributed by atoms with E-state index >= 15 is 0 Å². The van der Waals surface area contributed by atoms with Gasteiger partial charge in [0, 0.05) is 11.1 Å². The van der Waals surface area contributed by atoms with Gasteiger partial charge in [-0.15, -0.1) is 0 Å². The molecule has 1 heterocycles. The minimum Gasteiger partial charge on any atom is -0.277 e. The average Bonchev–Trinajstić information content (AvgIpc) is 2.90. The van der Waals surface area contributed by atoms with Crippen LogP contribution in [0.2, 0.25) is 0 Å². The van der Waals surface area contributed by atoms with Crippen molar-refractivity contribution in [1.82, 2.24) is 10.2 Å². The van der Waals surface area contributed by atoms with Crippen molar-refractivity contribution >= 4 is 0 Å². The quantitative estimate of drug-likeness (QED) is 0.721. The number of nitrogens with one attached hydrogen (secondary N) is 1. The summed E-state index contributed by atoms with van der Waals surface area (Å²) in [7, 11) is 0. The van der Waals surface area contributed by atoms with E-state index in [1.165, 1.54) is 6.07 Å². The molecule has 1 N–H and O–H groups in total. The minimum atomic E-state index is -0.249. The Hall–Kier alpha value is -2.42. The maximum Gasteiger partial charge on any atom is 0.132 e. The van der Waals surface area contributed by atoms with Crippen LogP contribution < -0.4 is 0 Å². The first kappa shape index (κ1) is 10.7. The second-order valence-electron chi connectivity index (χ2n) is 4.01. The van der Waals surface area contributed by atoms with Crippen LogP contribution >= 0.6 is 0 Å². The highest BCUT2D eigenvalue weighted by Crippen LogP contribution is 2.25. The maximum atomic E-state index is 13.6. The lowest BCUT2D eigenvalue weighted by molar-refractivity contribution is 0.630. The molecule has 18 heavy (non-hydrogen) atoms. The Kier molecular flexibility index (Phi) is 2.65. The molecule has 0 saturated heterocycles. The molecule has 0 unspecified atom stereocenters. The van der Waals surface area contributed by atoms with Gasteiger partial charge < -0.3 is 0 Å². The van der Waals surface area contributed by atoms with E-state index in [0.29, 0.717) is 11.3 Å². The second kappa shape index (κ2) is 4.45. The Morgan fingerprint density at radius 1 is 0.889 bits per heavy atom. The molecular weight excluding hydrogens is 227 g/mol. The number of aromatic amines is 1. The van der Waals surface area contributed by atoms with Gasteiger partial charge in [-0.2, -0.15) is 5.10 Å². The SMILES string of the molecule is Fc1ccccc1-c1cc(-c2ccccc2)n[nH]1. The summed E-state index contributed by atoms with van der Waals surface area (Å²) >= 11 is 0. The smallest absolute Gasteiger partial charge is 0.132 e. The molecule has 3 rings (SSSR count). The number of aromatic nitrogens is 2. The Labute approximate surface area is 104 Å². The van der Waals surface area contributed by atoms with Gasteiger partial charge in [0.1, 0.15) is 5.82 Å². The van der Waals surface area contributed by atoms with Gasteiger partial charge in [0.05, 0.1) is 11.4 Å². The van der Waals surface area contributed by atoms with Gasteiger partial charge in [0.15, 0.2) is 0 Å². The van der Waals surface area contributed by atoms with Crippen molar-refractivity contribution < 1.29 is 4.39 Å². The Morgan fingerprint density at radius 2 is 1.61 bits per heavy atom. The number of hydrogen-bond acceptors (Lipinski definition) is 1. The van der Waals surface area contributed by atoms with Crippen molar-refractivity contribution in [2.24, 2.45) is 0 Å². The number of nitrogens with zero attached hydrogens (tertiary/aromatic N) is 1. The van der Waals surface area contributed by atoms with Crippen molar-refractivity contribution in [3.05, 3.63) is 66.5 Å². The molecule has 2 aromatic carbocycles. The van der Waals surface area contributed by atoms with Crippen molar-refractivity contribution in [3.63, 3.8) is 0 Å². The number of benzene rings is 2. The van der Waals surface area contributed by atoms with Crippen LogP contribution in [0.3, 0.4) is 0 Å². The van der Waals surface area contributed by atoms with E-state index in [1.807, 2.05) is 36.4 Å². The summed E-state index contributed by atoms with van der Waals surface area (Å²) in [6, 6.07) is 18.3. The van der Waals surface area contributed by atoms with E-state index in [9.17, 15) is 4.39 Å². The third kappa shape index (κ3) is 1.91. The first-order valence-electron chi connectivity index (χ1n) is 5.70. The molecule has 0 fully saturated rings. The van der Waals surface area contributed by atoms with Gasteiger partial charge in [0.25, 0.3) is 0 Å². The van der Waals surface area contributed by atoms with Crippen LogP contribution in [0.25, 0.3) is 22.5 Å². The van der Waals surface area contributed by atoms with Gasteiger partial charge in [-0.1, -0.05) is 42.5 Å². The molecule has 0 aliphatic carbocycles. The van der Waals surface area contributed by atoms with E-state index in [1.54, 1.807) is 18.2 Å². The number of halogens is 1. The van der Waals surface area contributed by atoms with Crippen LogP contribution in [0.15, 0.2) is 60.7 Å². The van der Waals surface area contributed by atoms with Crippen LogP contribution in [0.1, 0.15) is 0 Å². The molecule has 3 aromatic rings. The number of hydrogen-bond donors (Lipinski definition) is 1. The summed E-state index contributed by atoms with van der Waals surface area (Å²) in [6.07, 6.45) is 0. The summed E-state index contributed by atoms with van der Waals surface area (Å²) in [4.78, 5) is 0. The fraction of sp³-hybridized carbons (Fsp3) is 0. The van der Waals surface area contributed by atoms with Crippen LogP contribution in [0.5, 0.6) is 0 Å². The molecule has 0 saturated carbocycles. The molecule has 2 nitrogen and oxygen atoms in total. The summed E-state index contributed by atoms with van der Waals surface area (Å²) in [6.45, 7) is 0. The molecule has 0 spiro atoms. The molecular formula is C15H11FN2. The summed E-state index contributed by atoms with van der Waals surface area (Å²) < 4.78 is 13.6. The van der Waals surface area contributed by atoms with Crippen molar-refractivity contribution in [3.8, 4) is 22.5 Å². The molecule has 0 atom stereocenters. The largest absolute Gasteiger partial charge is 0.277 e. The van der Waals surface area contributed by atoms with Crippen molar-refractivity contribution in [1.29, 1.82) is 0 Å². The third-order valence-electron chi connectivity index (χ3n) is 2.81. The Balaban J connectivity index is 2.03. The molecule has 0 bridgehead atoms. The van der Waals surface area contributed by atoms with E-state index in [4.69, 9.17) is 0 Å². The first-order chi connectivity index (χ1) is 8.84. The first-order valence-corrected chi connectivity index (χ1v) is 5.70. The Morgan fingerprint density at radius 3 is 2.39 bits per heavy atom. The van der Waals surface area contributed by atoms with Gasteiger partial charge in [0.2, 0.25) is 0 Å². The van der Waals surface area contributed by atoms with E-state index in [-0.39, 0.29) is 5.82 Å². The molecule has 1 aromatic heterocycles. The minimum absolute atomic E-state index is 0.249. The lowest BCUT2D eigenvalue weighted by atomic mass is 10.1. The zero-order valence-corrected chi connectivity index (χ0v) is 9.60. The zero-order chi connectivity index (χ0) is 12.4. The van der Waals surface area contributed by atoms with E-state index in [0.717, 1.165) is 11.3 Å². The van der Waals surface area contributed by atoms with E-state index < -0.39 is 0 Å². The molecule has 0 aliphatic heterocycles. The zero-order valence-electron chi connectivity index (χ0n) is 9.60. The van der Waals surface area contributed by atoms with Gasteiger partial charge >= 0.3 is 0 Å². The van der Waals surface area contributed by atoms with Crippen molar-refractivity contribution in [2.75, 3.05) is 0 Å². The van der Waals surface area contributed by atoms with E-state index in [2.05, 4.69) is 10.2 Å². The summed E-state index contributed by atoms with van der Waals surface area (Å²) in [5.41, 5.74) is 3.05. The predicted molar refractivity (Wildman–Crippen MR) is 69.4 cm³/mol. The highest BCUT2D eigenvalue weighted by molar-refractivity contribution is 5.68. The topological polar surface area (TPSA) is 28.7 Å². The normalized spacial score (nSPS) is 10.5. The molecule has 88 valence electrons. The predicted octanol–water partition coefficient (Wildman–Crippen LogP) is 3.88. The van der Waals surface area contributed by atoms with Crippen molar-refractivity contribution in [2.45, 2.75) is 0 Å². The molecule has 0 amide bonds. The standard InChI is InChI=1S/C15H11FN2/c16-13-9-5-4-8-12(13)15-10-14(17-18-15)11-6-2-1-3-7-11/h1-10H,(H,17,18). The average molecular weight is 238 g/mol. The van der Waals surface area contributed by atoms with Crippen LogP contribution in [0, 0.1) is 5.82 Å². The fourth-order valence-electron chi connectivity index (χ4n) is 1.90. The third-order valence-corrected chi connectivity index (χ3v) is 2.81. The number of rotatable bonds is 2. The fourth-order valence-corrected chi connectivity index (χ4v) is 1.90. The highest BCUT2D eigenvalue weighted by Gasteiger charge is 2.08. The summed E-state index contributed by atoms with van der Waals surface area (Å²) in [5, 5.41) is 7.08. The van der Waals surface area contributed by atoms with Crippen LogP contribution in [0.4, 0.5) is 4.39 Å². The monoisotopic (exact) mass is 238 g/mol. The lowest BCUT2D eigenvalue weighted by Crippen LogP contribution is -1.82. The number of H-pyrrole nitrogens is 1. The van der Waals surface area contributed by atoms with Gasteiger partial charge in [-0.3, -0.25) is 5.10 Å². The Bertz CT molecular complexity index is 659. The second-order valence-corrected chi connectivity index (χ2v) is 4.01. The van der Waals surface area contributed by atoms with Gasteiger partial charge in [-0.05, 0) is 18.2 Å². The highest BCUT2D eigenvalue weighted by atomic mass is 19.1. The maximum absolute atomic E-state index is 13.6. The van der Waals surface area contributed by atoms with Gasteiger partial charge in [-0.25, -0.2) is 4.39 Å².